The summed E-state index contributed by atoms with van der Waals surface area (Å²) in [5.41, 5.74) is 1.93. The van der Waals surface area contributed by atoms with Crippen molar-refractivity contribution in [2.45, 2.75) is 39.7 Å². The topological polar surface area (TPSA) is 84.2 Å². The monoisotopic (exact) mass is 315 g/mol. The van der Waals surface area contributed by atoms with Crippen molar-refractivity contribution < 1.29 is 14.7 Å². The van der Waals surface area contributed by atoms with Crippen LogP contribution < -0.4 is 5.32 Å². The Hall–Kier alpha value is -2.63. The largest absolute Gasteiger partial charge is 0.478 e. The molecule has 0 unspecified atom stereocenters. The van der Waals surface area contributed by atoms with Gasteiger partial charge in [-0.15, -0.1) is 0 Å². The lowest BCUT2D eigenvalue weighted by molar-refractivity contribution is 0.0696. The van der Waals surface area contributed by atoms with E-state index in [2.05, 4.69) is 10.4 Å². The lowest BCUT2D eigenvalue weighted by Crippen LogP contribution is -2.26. The maximum absolute atomic E-state index is 12.5. The zero-order valence-electron chi connectivity index (χ0n) is 13.8. The van der Waals surface area contributed by atoms with Crippen LogP contribution in [0.25, 0.3) is 0 Å². The smallest absolute Gasteiger partial charge is 0.335 e. The predicted molar refractivity (Wildman–Crippen MR) is 88.0 cm³/mol. The number of hydrogen-bond acceptors (Lipinski definition) is 3. The highest BCUT2D eigenvalue weighted by Gasteiger charge is 2.23. The SMILES string of the molecule is CCc1c(C(=O)Nc2ccc(C(=O)O)cc2)cnn1C(C)(C)C. The van der Waals surface area contributed by atoms with E-state index in [-0.39, 0.29) is 17.0 Å². The van der Waals surface area contributed by atoms with Gasteiger partial charge in [-0.25, -0.2) is 4.79 Å². The summed E-state index contributed by atoms with van der Waals surface area (Å²) >= 11 is 0. The molecule has 0 aliphatic rings. The normalized spacial score (nSPS) is 11.3. The number of nitrogens with one attached hydrogen (secondary N) is 1. The molecule has 0 aliphatic heterocycles. The van der Waals surface area contributed by atoms with Gasteiger partial charge in [-0.05, 0) is 51.5 Å². The van der Waals surface area contributed by atoms with Crippen molar-refractivity contribution in [3.8, 4) is 0 Å². The number of carbonyl (C=O) groups is 2. The summed E-state index contributed by atoms with van der Waals surface area (Å²) in [5.74, 6) is -1.25. The Morgan fingerprint density at radius 1 is 1.22 bits per heavy atom. The molecule has 0 atom stereocenters. The van der Waals surface area contributed by atoms with Crippen LogP contribution in [0.4, 0.5) is 5.69 Å². The molecule has 0 fully saturated rings. The third-order valence-electron chi connectivity index (χ3n) is 3.47. The number of aromatic carboxylic acids is 1. The number of aromatic nitrogens is 2. The second-order valence-electron chi connectivity index (χ2n) is 6.28. The molecule has 0 spiro atoms. The molecule has 1 aromatic heterocycles. The van der Waals surface area contributed by atoms with E-state index in [1.54, 1.807) is 18.3 Å². The van der Waals surface area contributed by atoms with Crippen molar-refractivity contribution in [1.82, 2.24) is 9.78 Å². The summed E-state index contributed by atoms with van der Waals surface area (Å²) in [6, 6.07) is 6.05. The van der Waals surface area contributed by atoms with E-state index in [1.165, 1.54) is 12.1 Å². The van der Waals surface area contributed by atoms with Crippen LogP contribution in [0.5, 0.6) is 0 Å². The van der Waals surface area contributed by atoms with Crippen molar-refractivity contribution in [1.29, 1.82) is 0 Å². The van der Waals surface area contributed by atoms with Crippen LogP contribution in [-0.2, 0) is 12.0 Å². The number of carboxylic acid groups (broad SMARTS) is 1. The summed E-state index contributed by atoms with van der Waals surface area (Å²) in [6.07, 6.45) is 2.27. The Morgan fingerprint density at radius 2 is 1.83 bits per heavy atom. The van der Waals surface area contributed by atoms with Crippen LogP contribution in [0.1, 0.15) is 54.1 Å². The highest BCUT2D eigenvalue weighted by Crippen LogP contribution is 2.21. The van der Waals surface area contributed by atoms with Gasteiger partial charge in [0.25, 0.3) is 5.91 Å². The third-order valence-corrected chi connectivity index (χ3v) is 3.47. The van der Waals surface area contributed by atoms with Gasteiger partial charge in [0.15, 0.2) is 0 Å². The van der Waals surface area contributed by atoms with Crippen molar-refractivity contribution in [3.63, 3.8) is 0 Å². The maximum Gasteiger partial charge on any atom is 0.335 e. The number of anilines is 1. The molecule has 2 rings (SSSR count). The second kappa shape index (κ2) is 6.24. The first-order valence-corrected chi connectivity index (χ1v) is 7.46. The summed E-state index contributed by atoms with van der Waals surface area (Å²) in [6.45, 7) is 8.08. The summed E-state index contributed by atoms with van der Waals surface area (Å²) in [7, 11) is 0. The lowest BCUT2D eigenvalue weighted by Gasteiger charge is -2.22. The summed E-state index contributed by atoms with van der Waals surface area (Å²) in [5, 5.41) is 16.0. The molecule has 6 heteroatoms. The minimum Gasteiger partial charge on any atom is -0.478 e. The van der Waals surface area contributed by atoms with Crippen LogP contribution in [0.2, 0.25) is 0 Å². The first kappa shape index (κ1) is 16.7. The van der Waals surface area contributed by atoms with E-state index in [0.717, 1.165) is 5.69 Å². The Bertz CT molecular complexity index is 725. The number of carboxylic acids is 1. The van der Waals surface area contributed by atoms with Crippen LogP contribution in [0, 0.1) is 0 Å². The fraction of sp³-hybridized carbons (Fsp3) is 0.353. The van der Waals surface area contributed by atoms with E-state index in [1.807, 2.05) is 32.4 Å². The number of carbonyl (C=O) groups excluding carboxylic acids is 1. The van der Waals surface area contributed by atoms with Crippen LogP contribution in [0.3, 0.4) is 0 Å². The van der Waals surface area contributed by atoms with Gasteiger partial charge < -0.3 is 10.4 Å². The zero-order valence-corrected chi connectivity index (χ0v) is 13.8. The molecule has 23 heavy (non-hydrogen) atoms. The van der Waals surface area contributed by atoms with Gasteiger partial charge in [-0.2, -0.15) is 5.10 Å². The molecule has 0 aliphatic carbocycles. The van der Waals surface area contributed by atoms with Gasteiger partial charge in [0, 0.05) is 5.69 Å². The van der Waals surface area contributed by atoms with E-state index in [0.29, 0.717) is 17.7 Å². The standard InChI is InChI=1S/C17H21N3O3/c1-5-14-13(10-18-20(14)17(2,3)4)15(21)19-12-8-6-11(7-9-12)16(22)23/h6-10H,5H2,1-4H3,(H,19,21)(H,22,23). The van der Waals surface area contributed by atoms with Crippen molar-refractivity contribution in [2.75, 3.05) is 5.32 Å². The van der Waals surface area contributed by atoms with E-state index < -0.39 is 5.97 Å². The molecule has 0 saturated carbocycles. The van der Waals surface area contributed by atoms with Gasteiger partial charge in [0.2, 0.25) is 0 Å². The average Bonchev–Trinajstić information content (AvgIpc) is 2.91. The highest BCUT2D eigenvalue weighted by molar-refractivity contribution is 6.05. The molecule has 0 radical (unpaired) electrons. The van der Waals surface area contributed by atoms with Gasteiger partial charge in [0.1, 0.15) is 0 Å². The van der Waals surface area contributed by atoms with E-state index in [4.69, 9.17) is 5.11 Å². The Kier molecular flexibility index (Phi) is 4.54. The molecule has 2 N–H and O–H groups in total. The van der Waals surface area contributed by atoms with Crippen LogP contribution in [0.15, 0.2) is 30.5 Å². The molecule has 1 heterocycles. The molecule has 2 aromatic rings. The van der Waals surface area contributed by atoms with Gasteiger partial charge in [-0.1, -0.05) is 6.92 Å². The number of rotatable bonds is 4. The minimum absolute atomic E-state index is 0.179. The van der Waals surface area contributed by atoms with Gasteiger partial charge in [0.05, 0.1) is 28.6 Å². The minimum atomic E-state index is -0.998. The molecule has 1 aromatic carbocycles. The lowest BCUT2D eigenvalue weighted by atomic mass is 10.1. The van der Waals surface area contributed by atoms with Crippen molar-refractivity contribution in [2.24, 2.45) is 0 Å². The maximum atomic E-state index is 12.5. The highest BCUT2D eigenvalue weighted by atomic mass is 16.4. The summed E-state index contributed by atoms with van der Waals surface area (Å²) in [4.78, 5) is 23.3. The van der Waals surface area contributed by atoms with Crippen LogP contribution >= 0.6 is 0 Å². The zero-order chi connectivity index (χ0) is 17.2. The number of amides is 1. The van der Waals surface area contributed by atoms with Crippen molar-refractivity contribution in [3.05, 3.63) is 47.3 Å². The molecular formula is C17H21N3O3. The quantitative estimate of drug-likeness (QED) is 0.907. The third kappa shape index (κ3) is 3.59. The predicted octanol–water partition coefficient (Wildman–Crippen LogP) is 3.15. The number of nitrogens with zero attached hydrogens (tertiary/aromatic N) is 2. The Morgan fingerprint density at radius 3 is 2.30 bits per heavy atom. The molecule has 0 saturated heterocycles. The molecule has 6 nitrogen and oxygen atoms in total. The van der Waals surface area contributed by atoms with Crippen molar-refractivity contribution >= 4 is 17.6 Å². The first-order chi connectivity index (χ1) is 10.7. The van der Waals surface area contributed by atoms with E-state index in [9.17, 15) is 9.59 Å². The first-order valence-electron chi connectivity index (χ1n) is 7.46. The molecule has 0 bridgehead atoms. The van der Waals surface area contributed by atoms with Gasteiger partial charge >= 0.3 is 5.97 Å². The van der Waals surface area contributed by atoms with E-state index >= 15 is 0 Å². The van der Waals surface area contributed by atoms with Gasteiger partial charge in [-0.3, -0.25) is 9.48 Å². The Balaban J connectivity index is 2.24. The summed E-state index contributed by atoms with van der Waals surface area (Å²) < 4.78 is 1.86. The fourth-order valence-corrected chi connectivity index (χ4v) is 2.38. The molecule has 122 valence electrons. The molecular weight excluding hydrogens is 294 g/mol. The fourth-order valence-electron chi connectivity index (χ4n) is 2.38. The number of benzene rings is 1. The average molecular weight is 315 g/mol. The Labute approximate surface area is 135 Å². The number of hydrogen-bond donors (Lipinski definition) is 2. The molecule has 1 amide bonds. The van der Waals surface area contributed by atoms with Crippen LogP contribution in [-0.4, -0.2) is 26.8 Å². The second-order valence-corrected chi connectivity index (χ2v) is 6.28.